The molecule has 0 saturated carbocycles. The van der Waals surface area contributed by atoms with Crippen molar-refractivity contribution in [2.75, 3.05) is 11.4 Å². The summed E-state index contributed by atoms with van der Waals surface area (Å²) < 4.78 is 5.88. The summed E-state index contributed by atoms with van der Waals surface area (Å²) in [5.74, 6) is 0.822. The van der Waals surface area contributed by atoms with Crippen molar-refractivity contribution >= 4 is 23.2 Å². The first-order valence-corrected chi connectivity index (χ1v) is 8.36. The molecule has 2 aliphatic rings. The van der Waals surface area contributed by atoms with Crippen LogP contribution in [0.25, 0.3) is 0 Å². The number of anilines is 1. The number of benzene rings is 2. The highest BCUT2D eigenvalue weighted by molar-refractivity contribution is 6.30. The molecule has 0 aromatic heterocycles. The zero-order valence-corrected chi connectivity index (χ0v) is 13.8. The number of carbonyl (C=O) groups is 1. The van der Waals surface area contributed by atoms with Crippen molar-refractivity contribution in [2.24, 2.45) is 0 Å². The maximum absolute atomic E-state index is 13.0. The molecule has 0 N–H and O–H groups in total. The second-order valence-electron chi connectivity index (χ2n) is 6.24. The number of rotatable bonds is 1. The van der Waals surface area contributed by atoms with Crippen LogP contribution in [0.4, 0.5) is 5.69 Å². The molecule has 3 nitrogen and oxygen atoms in total. The summed E-state index contributed by atoms with van der Waals surface area (Å²) in [4.78, 5) is 14.9. The molecular weight excluding hydrogens is 310 g/mol. The molecule has 2 aliphatic heterocycles. The van der Waals surface area contributed by atoms with E-state index in [1.165, 1.54) is 5.56 Å². The van der Waals surface area contributed by atoms with Gasteiger partial charge in [-0.1, -0.05) is 29.8 Å². The van der Waals surface area contributed by atoms with Crippen molar-refractivity contribution in [3.05, 3.63) is 58.1 Å². The van der Waals surface area contributed by atoms with Crippen LogP contribution in [-0.2, 0) is 17.6 Å². The average Bonchev–Trinajstić information content (AvgIpc) is 2.97. The number of carbonyl (C=O) groups excluding carboxylic acids is 1. The number of para-hydroxylation sites is 1. The second-order valence-corrected chi connectivity index (χ2v) is 6.68. The minimum absolute atomic E-state index is 0.0487. The van der Waals surface area contributed by atoms with Gasteiger partial charge in [0, 0.05) is 23.7 Å². The van der Waals surface area contributed by atoms with Gasteiger partial charge in [-0.25, -0.2) is 0 Å². The number of halogens is 1. The number of aryl methyl sites for hydroxylation is 2. The molecule has 1 amide bonds. The van der Waals surface area contributed by atoms with Crippen LogP contribution >= 0.6 is 11.6 Å². The van der Waals surface area contributed by atoms with Crippen LogP contribution < -0.4 is 9.64 Å². The maximum Gasteiger partial charge on any atom is 0.268 e. The first kappa shape index (κ1) is 14.6. The van der Waals surface area contributed by atoms with E-state index < -0.39 is 6.10 Å². The van der Waals surface area contributed by atoms with Gasteiger partial charge in [0.1, 0.15) is 5.75 Å². The first-order valence-electron chi connectivity index (χ1n) is 7.98. The largest absolute Gasteiger partial charge is 0.480 e. The van der Waals surface area contributed by atoms with E-state index in [9.17, 15) is 4.79 Å². The Morgan fingerprint density at radius 2 is 2.13 bits per heavy atom. The summed E-state index contributed by atoms with van der Waals surface area (Å²) >= 11 is 6.04. The molecule has 4 heteroatoms. The van der Waals surface area contributed by atoms with Gasteiger partial charge >= 0.3 is 0 Å². The lowest BCUT2D eigenvalue weighted by atomic mass is 9.97. The Bertz CT molecular complexity index is 787. The number of ether oxygens (including phenoxy) is 1. The zero-order chi connectivity index (χ0) is 16.0. The van der Waals surface area contributed by atoms with Gasteiger partial charge in [0.25, 0.3) is 5.91 Å². The summed E-state index contributed by atoms with van der Waals surface area (Å²) in [5.41, 5.74) is 4.48. The van der Waals surface area contributed by atoms with Crippen molar-refractivity contribution in [3.63, 3.8) is 0 Å². The molecule has 2 aromatic rings. The highest BCUT2D eigenvalue weighted by Gasteiger charge is 2.35. The highest BCUT2D eigenvalue weighted by Crippen LogP contribution is 2.35. The number of hydrogen-bond donors (Lipinski definition) is 0. The molecule has 0 saturated heterocycles. The van der Waals surface area contributed by atoms with Gasteiger partial charge in [-0.15, -0.1) is 0 Å². The second kappa shape index (κ2) is 5.57. The van der Waals surface area contributed by atoms with Crippen molar-refractivity contribution < 1.29 is 9.53 Å². The molecule has 0 aliphatic carbocycles. The number of nitrogens with zero attached hydrogens (tertiary/aromatic N) is 1. The molecule has 0 radical (unpaired) electrons. The Balaban J connectivity index is 1.63. The Morgan fingerprint density at radius 1 is 1.26 bits per heavy atom. The fourth-order valence-corrected chi connectivity index (χ4v) is 3.79. The summed E-state index contributed by atoms with van der Waals surface area (Å²) in [6.45, 7) is 2.82. The third-order valence-corrected chi connectivity index (χ3v) is 4.89. The molecule has 118 valence electrons. The van der Waals surface area contributed by atoms with Gasteiger partial charge in [0.2, 0.25) is 0 Å². The van der Waals surface area contributed by atoms with E-state index in [0.29, 0.717) is 11.4 Å². The topological polar surface area (TPSA) is 29.5 Å². The fourth-order valence-electron chi connectivity index (χ4n) is 3.60. The molecular formula is C19H18ClNO2. The minimum atomic E-state index is -0.450. The van der Waals surface area contributed by atoms with Crippen molar-refractivity contribution in [2.45, 2.75) is 32.3 Å². The molecule has 0 unspecified atom stereocenters. The Morgan fingerprint density at radius 3 is 3.00 bits per heavy atom. The Hall–Kier alpha value is -2.00. The van der Waals surface area contributed by atoms with Gasteiger partial charge in [-0.2, -0.15) is 0 Å². The van der Waals surface area contributed by atoms with Crippen molar-refractivity contribution in [1.82, 2.24) is 0 Å². The van der Waals surface area contributed by atoms with E-state index in [-0.39, 0.29) is 5.91 Å². The van der Waals surface area contributed by atoms with Crippen LogP contribution in [0.2, 0.25) is 5.02 Å². The first-order chi connectivity index (χ1) is 11.1. The highest BCUT2D eigenvalue weighted by atomic mass is 35.5. The van der Waals surface area contributed by atoms with Crippen LogP contribution in [0, 0.1) is 6.92 Å². The lowest BCUT2D eigenvalue weighted by molar-refractivity contribution is -0.124. The molecule has 2 aromatic carbocycles. The molecule has 1 atom stereocenters. The summed E-state index contributed by atoms with van der Waals surface area (Å²) in [5, 5.41) is 0.680. The van der Waals surface area contributed by atoms with Crippen LogP contribution in [0.5, 0.6) is 5.75 Å². The third-order valence-electron chi connectivity index (χ3n) is 4.66. The summed E-state index contributed by atoms with van der Waals surface area (Å²) in [6.07, 6.45) is 2.16. The lowest BCUT2D eigenvalue weighted by Gasteiger charge is -2.32. The van der Waals surface area contributed by atoms with Gasteiger partial charge in [0.15, 0.2) is 6.10 Å². The van der Waals surface area contributed by atoms with E-state index in [2.05, 4.69) is 25.1 Å². The maximum atomic E-state index is 13.0. The molecule has 2 heterocycles. The number of fused-ring (bicyclic) bond motifs is 2. The normalized spacial score (nSPS) is 19.0. The third kappa shape index (κ3) is 2.49. The van der Waals surface area contributed by atoms with Crippen LogP contribution in [-0.4, -0.2) is 18.6 Å². The van der Waals surface area contributed by atoms with E-state index in [1.54, 1.807) is 6.07 Å². The quantitative estimate of drug-likeness (QED) is 0.794. The average molecular weight is 328 g/mol. The predicted octanol–water partition coefficient (Wildman–Crippen LogP) is 3.93. The van der Waals surface area contributed by atoms with E-state index in [0.717, 1.165) is 42.0 Å². The number of amides is 1. The predicted molar refractivity (Wildman–Crippen MR) is 91.4 cm³/mol. The SMILES string of the molecule is Cc1cccc2c1N(C(=O)[C@H]1Cc3cc(Cl)ccc3O1)CCC2. The standard InChI is InChI=1S/C19H18ClNO2/c1-12-4-2-5-13-6-3-9-21(18(12)13)19(22)17-11-14-10-15(20)7-8-16(14)23-17/h2,4-5,7-8,10,17H,3,6,9,11H2,1H3/t17-/m1/s1. The molecule has 0 fully saturated rings. The van der Waals surface area contributed by atoms with Crippen molar-refractivity contribution in [1.29, 1.82) is 0 Å². The number of hydrogen-bond acceptors (Lipinski definition) is 2. The van der Waals surface area contributed by atoms with E-state index >= 15 is 0 Å². The molecule has 4 rings (SSSR count). The monoisotopic (exact) mass is 327 g/mol. The van der Waals surface area contributed by atoms with Gasteiger partial charge in [-0.05, 0) is 54.7 Å². The van der Waals surface area contributed by atoms with Crippen LogP contribution in [0.1, 0.15) is 23.1 Å². The lowest BCUT2D eigenvalue weighted by Crippen LogP contribution is -2.44. The zero-order valence-electron chi connectivity index (χ0n) is 13.0. The van der Waals surface area contributed by atoms with Crippen LogP contribution in [0.3, 0.4) is 0 Å². The Labute approximate surface area is 140 Å². The van der Waals surface area contributed by atoms with Gasteiger partial charge < -0.3 is 9.64 Å². The summed E-state index contributed by atoms with van der Waals surface area (Å²) in [7, 11) is 0. The fraction of sp³-hybridized carbons (Fsp3) is 0.316. The Kier molecular flexibility index (Phi) is 3.53. The van der Waals surface area contributed by atoms with E-state index in [4.69, 9.17) is 16.3 Å². The molecule has 0 spiro atoms. The minimum Gasteiger partial charge on any atom is -0.480 e. The smallest absolute Gasteiger partial charge is 0.268 e. The van der Waals surface area contributed by atoms with E-state index in [1.807, 2.05) is 17.0 Å². The molecule has 23 heavy (non-hydrogen) atoms. The van der Waals surface area contributed by atoms with Crippen molar-refractivity contribution in [3.8, 4) is 5.75 Å². The van der Waals surface area contributed by atoms with Gasteiger partial charge in [0.05, 0.1) is 0 Å². The molecule has 0 bridgehead atoms. The van der Waals surface area contributed by atoms with Crippen LogP contribution in [0.15, 0.2) is 36.4 Å². The van der Waals surface area contributed by atoms with Gasteiger partial charge in [-0.3, -0.25) is 4.79 Å². The summed E-state index contributed by atoms with van der Waals surface area (Å²) in [6, 6.07) is 11.8.